The highest BCUT2D eigenvalue weighted by atomic mass is 16.5. The van der Waals surface area contributed by atoms with Gasteiger partial charge in [-0.05, 0) is 19.3 Å². The highest BCUT2D eigenvalue weighted by Gasteiger charge is 2.34. The number of carbonyl (C=O) groups excluding carboxylic acids is 1. The molecule has 160 valence electrons. The lowest BCUT2D eigenvalue weighted by Gasteiger charge is -2.33. The van der Waals surface area contributed by atoms with Crippen LogP contribution in [0.1, 0.15) is 29.6 Å². The molecule has 0 radical (unpaired) electrons. The Balaban J connectivity index is 2.15. The first-order chi connectivity index (χ1) is 13.4. The van der Waals surface area contributed by atoms with Gasteiger partial charge in [-0.2, -0.15) is 5.10 Å². The minimum Gasteiger partial charge on any atom is -0.394 e. The molecule has 0 bridgehead atoms. The van der Waals surface area contributed by atoms with Gasteiger partial charge in [-0.15, -0.1) is 0 Å². The van der Waals surface area contributed by atoms with Gasteiger partial charge in [0.1, 0.15) is 24.4 Å². The molecule has 1 aromatic rings. The van der Waals surface area contributed by atoms with Crippen LogP contribution in [0.4, 0.5) is 0 Å². The Morgan fingerprint density at radius 2 is 2.00 bits per heavy atom. The third-order valence-electron chi connectivity index (χ3n) is 4.65. The van der Waals surface area contributed by atoms with Crippen molar-refractivity contribution in [2.24, 2.45) is 7.05 Å². The molecule has 0 aliphatic carbocycles. The highest BCUT2D eigenvalue weighted by molar-refractivity contribution is 5.93. The summed E-state index contributed by atoms with van der Waals surface area (Å²) < 4.78 is 12.6. The molecule has 1 aliphatic heterocycles. The first kappa shape index (κ1) is 22.7. The summed E-state index contributed by atoms with van der Waals surface area (Å²) in [5, 5.41) is 44.2. The van der Waals surface area contributed by atoms with Gasteiger partial charge in [0.25, 0.3) is 5.91 Å². The van der Waals surface area contributed by atoms with E-state index in [2.05, 4.69) is 5.10 Å². The van der Waals surface area contributed by atoms with Crippen LogP contribution in [0.25, 0.3) is 0 Å². The number of carbonyl (C=O) groups is 1. The lowest BCUT2D eigenvalue weighted by Crippen LogP contribution is -2.52. The largest absolute Gasteiger partial charge is 0.394 e. The molecule has 2 rings (SSSR count). The highest BCUT2D eigenvalue weighted by Crippen LogP contribution is 2.14. The van der Waals surface area contributed by atoms with E-state index in [4.69, 9.17) is 9.47 Å². The fourth-order valence-electron chi connectivity index (χ4n) is 3.07. The summed E-state index contributed by atoms with van der Waals surface area (Å²) >= 11 is 0. The van der Waals surface area contributed by atoms with Crippen molar-refractivity contribution in [1.29, 1.82) is 0 Å². The predicted octanol–water partition coefficient (Wildman–Crippen LogP) is -1.48. The standard InChI is InChI=1S/C18H31N3O7/c1-20-10-13(9-19-20)18(26)21-5-4-7-27-6-2-3-8-28-17(15(24)12-22)16(25)14(23)11-21/h9-10,14-17,22-25H,2-8,11-12H2,1H3/t14-,15-,16-,17-/m1/s1. The van der Waals surface area contributed by atoms with Gasteiger partial charge < -0.3 is 34.8 Å². The van der Waals surface area contributed by atoms with E-state index in [1.807, 2.05) is 0 Å². The lowest BCUT2D eigenvalue weighted by atomic mass is 10.0. The topological polar surface area (TPSA) is 138 Å². The SMILES string of the molecule is Cn1cc(C(=O)N2CCCOCCCCO[C@H]([C@H](O)CO)[C@H](O)[C@H](O)C2)cn1. The molecule has 10 nitrogen and oxygen atoms in total. The Kier molecular flexibility index (Phi) is 9.29. The minimum absolute atomic E-state index is 0.160. The molecular formula is C18H31N3O7. The van der Waals surface area contributed by atoms with Gasteiger partial charge in [0, 0.05) is 46.2 Å². The second-order valence-electron chi connectivity index (χ2n) is 6.97. The zero-order valence-corrected chi connectivity index (χ0v) is 16.2. The molecule has 1 amide bonds. The van der Waals surface area contributed by atoms with Gasteiger partial charge in [-0.3, -0.25) is 9.48 Å². The van der Waals surface area contributed by atoms with E-state index in [1.54, 1.807) is 13.2 Å². The maximum Gasteiger partial charge on any atom is 0.257 e. The molecule has 4 atom stereocenters. The molecule has 0 aromatic carbocycles. The second kappa shape index (κ2) is 11.4. The molecule has 1 aliphatic rings. The Labute approximate surface area is 164 Å². The molecule has 0 spiro atoms. The van der Waals surface area contributed by atoms with E-state index in [1.165, 1.54) is 15.8 Å². The first-order valence-electron chi connectivity index (χ1n) is 9.56. The molecule has 10 heteroatoms. The number of ether oxygens (including phenoxy) is 2. The van der Waals surface area contributed by atoms with Crippen LogP contribution in [0.3, 0.4) is 0 Å². The fraction of sp³-hybridized carbons (Fsp3) is 0.778. The average Bonchev–Trinajstić information content (AvgIpc) is 3.12. The van der Waals surface area contributed by atoms with E-state index in [-0.39, 0.29) is 19.1 Å². The summed E-state index contributed by atoms with van der Waals surface area (Å²) in [4.78, 5) is 14.2. The third-order valence-corrected chi connectivity index (χ3v) is 4.65. The normalized spacial score (nSPS) is 27.2. The molecule has 1 aromatic heterocycles. The first-order valence-corrected chi connectivity index (χ1v) is 9.56. The van der Waals surface area contributed by atoms with Crippen LogP contribution in [-0.4, -0.2) is 105 Å². The Bertz CT molecular complexity index is 597. The molecule has 2 heterocycles. The van der Waals surface area contributed by atoms with Gasteiger partial charge in [-0.25, -0.2) is 0 Å². The van der Waals surface area contributed by atoms with Crippen molar-refractivity contribution < 1.29 is 34.7 Å². The number of amides is 1. The van der Waals surface area contributed by atoms with Crippen LogP contribution in [0.2, 0.25) is 0 Å². The molecule has 4 N–H and O–H groups in total. The number of aliphatic hydroxyl groups is 4. The molecule has 0 unspecified atom stereocenters. The zero-order valence-electron chi connectivity index (χ0n) is 16.2. The van der Waals surface area contributed by atoms with Gasteiger partial charge in [-0.1, -0.05) is 0 Å². The van der Waals surface area contributed by atoms with Gasteiger partial charge in [0.15, 0.2) is 0 Å². The summed E-state index contributed by atoms with van der Waals surface area (Å²) in [6.45, 7) is 0.808. The number of nitrogens with zero attached hydrogens (tertiary/aromatic N) is 3. The number of hydrogen-bond acceptors (Lipinski definition) is 8. The fourth-order valence-corrected chi connectivity index (χ4v) is 3.07. The maximum absolute atomic E-state index is 12.8. The average molecular weight is 401 g/mol. The molecule has 1 fully saturated rings. The summed E-state index contributed by atoms with van der Waals surface area (Å²) in [6, 6.07) is 0. The lowest BCUT2D eigenvalue weighted by molar-refractivity contribution is -0.145. The number of aryl methyl sites for hydroxylation is 1. The molecular weight excluding hydrogens is 370 g/mol. The number of β-amino-alcohol motifs (C(OH)–C–C–N with tert-alkyl or cyclic N) is 1. The predicted molar refractivity (Wildman–Crippen MR) is 98.6 cm³/mol. The minimum atomic E-state index is -1.47. The van der Waals surface area contributed by atoms with Crippen LogP contribution in [0.15, 0.2) is 12.4 Å². The Morgan fingerprint density at radius 1 is 1.29 bits per heavy atom. The number of rotatable bonds is 3. The summed E-state index contributed by atoms with van der Waals surface area (Å²) in [5.41, 5.74) is 0.370. The van der Waals surface area contributed by atoms with Crippen molar-refractivity contribution in [1.82, 2.24) is 14.7 Å². The van der Waals surface area contributed by atoms with Crippen LogP contribution in [0.5, 0.6) is 0 Å². The second-order valence-corrected chi connectivity index (χ2v) is 6.97. The van der Waals surface area contributed by atoms with Crippen molar-refractivity contribution in [2.75, 3.05) is 39.5 Å². The Hall–Kier alpha value is -1.56. The van der Waals surface area contributed by atoms with Crippen LogP contribution in [0, 0.1) is 0 Å². The van der Waals surface area contributed by atoms with Crippen molar-refractivity contribution in [3.05, 3.63) is 18.0 Å². The summed E-state index contributed by atoms with van der Waals surface area (Å²) in [7, 11) is 1.70. The van der Waals surface area contributed by atoms with Crippen LogP contribution < -0.4 is 0 Å². The number of hydrogen-bond donors (Lipinski definition) is 4. The zero-order chi connectivity index (χ0) is 20.5. The van der Waals surface area contributed by atoms with Gasteiger partial charge in [0.05, 0.1) is 18.4 Å². The van der Waals surface area contributed by atoms with Crippen molar-refractivity contribution in [3.8, 4) is 0 Å². The number of aliphatic hydroxyl groups excluding tert-OH is 4. The van der Waals surface area contributed by atoms with E-state index >= 15 is 0 Å². The van der Waals surface area contributed by atoms with E-state index < -0.39 is 31.0 Å². The molecule has 0 saturated carbocycles. The quantitative estimate of drug-likeness (QED) is 0.481. The van der Waals surface area contributed by atoms with Gasteiger partial charge in [0.2, 0.25) is 0 Å². The van der Waals surface area contributed by atoms with E-state index in [0.29, 0.717) is 38.2 Å². The van der Waals surface area contributed by atoms with Crippen molar-refractivity contribution >= 4 is 5.91 Å². The van der Waals surface area contributed by atoms with Crippen LogP contribution >= 0.6 is 0 Å². The number of aromatic nitrogens is 2. The van der Waals surface area contributed by atoms with Crippen molar-refractivity contribution in [2.45, 2.75) is 43.7 Å². The van der Waals surface area contributed by atoms with E-state index in [0.717, 1.165) is 6.42 Å². The monoisotopic (exact) mass is 401 g/mol. The Morgan fingerprint density at radius 3 is 2.68 bits per heavy atom. The van der Waals surface area contributed by atoms with Gasteiger partial charge >= 0.3 is 0 Å². The van der Waals surface area contributed by atoms with E-state index in [9.17, 15) is 25.2 Å². The molecule has 1 saturated heterocycles. The molecule has 28 heavy (non-hydrogen) atoms. The third kappa shape index (κ3) is 6.50. The maximum atomic E-state index is 12.8. The smallest absolute Gasteiger partial charge is 0.257 e. The van der Waals surface area contributed by atoms with Crippen molar-refractivity contribution in [3.63, 3.8) is 0 Å². The summed E-state index contributed by atoms with van der Waals surface area (Å²) in [6.07, 6.45) is -0.365. The van der Waals surface area contributed by atoms with Crippen LogP contribution in [-0.2, 0) is 16.5 Å². The summed E-state index contributed by atoms with van der Waals surface area (Å²) in [5.74, 6) is -0.327.